The first-order valence-corrected chi connectivity index (χ1v) is 7.37. The fraction of sp³-hybridized carbons (Fsp3) is 0.500. The van der Waals surface area contributed by atoms with Crippen molar-refractivity contribution >= 4 is 17.5 Å². The highest BCUT2D eigenvalue weighted by atomic mass is 16.3. The van der Waals surface area contributed by atoms with Gasteiger partial charge in [0, 0.05) is 5.69 Å². The molecule has 0 aliphatic rings. The summed E-state index contributed by atoms with van der Waals surface area (Å²) in [5, 5.41) is 17.4. The molecule has 22 heavy (non-hydrogen) atoms. The van der Waals surface area contributed by atoms with Gasteiger partial charge in [-0.05, 0) is 37.6 Å². The van der Waals surface area contributed by atoms with Gasteiger partial charge in [0.25, 0.3) is 0 Å². The lowest BCUT2D eigenvalue weighted by atomic mass is 10.0. The van der Waals surface area contributed by atoms with Gasteiger partial charge in [-0.1, -0.05) is 26.0 Å². The number of benzene rings is 1. The third-order valence-electron chi connectivity index (χ3n) is 3.39. The molecule has 0 aromatic heterocycles. The van der Waals surface area contributed by atoms with Crippen molar-refractivity contribution in [1.82, 2.24) is 10.6 Å². The van der Waals surface area contributed by atoms with Gasteiger partial charge in [-0.15, -0.1) is 0 Å². The molecule has 122 valence electrons. The van der Waals surface area contributed by atoms with Gasteiger partial charge in [0.1, 0.15) is 6.04 Å². The van der Waals surface area contributed by atoms with E-state index in [0.717, 1.165) is 0 Å². The molecular formula is C16H25N3O3. The molecule has 2 atom stereocenters. The van der Waals surface area contributed by atoms with Crippen LogP contribution in [0.15, 0.2) is 24.3 Å². The van der Waals surface area contributed by atoms with Crippen molar-refractivity contribution in [3.05, 3.63) is 29.8 Å². The maximum Gasteiger partial charge on any atom is 0.246 e. The Labute approximate surface area is 131 Å². The van der Waals surface area contributed by atoms with Crippen LogP contribution in [0.3, 0.4) is 0 Å². The average molecular weight is 307 g/mol. The molecule has 0 saturated carbocycles. The number of amides is 2. The van der Waals surface area contributed by atoms with Gasteiger partial charge in [-0.2, -0.15) is 0 Å². The fourth-order valence-electron chi connectivity index (χ4n) is 2.13. The molecule has 6 nitrogen and oxygen atoms in total. The minimum atomic E-state index is -0.653. The van der Waals surface area contributed by atoms with Crippen LogP contribution in [0.2, 0.25) is 0 Å². The molecule has 1 rings (SSSR count). The predicted molar refractivity (Wildman–Crippen MR) is 86.3 cm³/mol. The van der Waals surface area contributed by atoms with Crippen molar-refractivity contribution in [1.29, 1.82) is 0 Å². The van der Waals surface area contributed by atoms with Crippen molar-refractivity contribution in [2.75, 3.05) is 12.4 Å². The summed E-state index contributed by atoms with van der Waals surface area (Å²) in [5.41, 5.74) is 1.30. The number of carbonyl (C=O) groups is 2. The van der Waals surface area contributed by atoms with E-state index in [1.165, 1.54) is 0 Å². The van der Waals surface area contributed by atoms with E-state index in [-0.39, 0.29) is 30.4 Å². The molecule has 0 heterocycles. The number of hydrogen-bond donors (Lipinski definition) is 4. The first-order valence-electron chi connectivity index (χ1n) is 7.37. The third kappa shape index (κ3) is 5.13. The first-order chi connectivity index (χ1) is 10.4. The summed E-state index contributed by atoms with van der Waals surface area (Å²) in [6.07, 6.45) is 0. The van der Waals surface area contributed by atoms with Crippen LogP contribution in [-0.4, -0.2) is 36.1 Å². The maximum atomic E-state index is 12.1. The summed E-state index contributed by atoms with van der Waals surface area (Å²) in [5.74, 6) is -0.382. The number of anilines is 1. The molecule has 0 radical (unpaired) electrons. The monoisotopic (exact) mass is 307 g/mol. The van der Waals surface area contributed by atoms with Crippen molar-refractivity contribution in [2.45, 2.75) is 39.5 Å². The molecule has 1 aromatic carbocycles. The lowest BCUT2D eigenvalue weighted by Crippen LogP contribution is -2.51. The summed E-state index contributed by atoms with van der Waals surface area (Å²) in [6.45, 7) is 5.42. The Morgan fingerprint density at radius 1 is 1.18 bits per heavy atom. The lowest BCUT2D eigenvalue weighted by molar-refractivity contribution is -0.128. The second kappa shape index (κ2) is 8.51. The fourth-order valence-corrected chi connectivity index (χ4v) is 2.13. The van der Waals surface area contributed by atoms with Gasteiger partial charge in [0.2, 0.25) is 11.8 Å². The number of likely N-dealkylation sites (N-methyl/N-ethyl adjacent to an activating group) is 1. The van der Waals surface area contributed by atoms with Gasteiger partial charge >= 0.3 is 0 Å². The van der Waals surface area contributed by atoms with Gasteiger partial charge in [-0.3, -0.25) is 9.59 Å². The highest BCUT2D eigenvalue weighted by molar-refractivity contribution is 5.97. The van der Waals surface area contributed by atoms with Crippen molar-refractivity contribution < 1.29 is 14.7 Å². The highest BCUT2D eigenvalue weighted by Gasteiger charge is 2.23. The summed E-state index contributed by atoms with van der Waals surface area (Å²) < 4.78 is 0. The summed E-state index contributed by atoms with van der Waals surface area (Å²) in [7, 11) is 1.72. The zero-order valence-electron chi connectivity index (χ0n) is 13.5. The molecule has 0 aliphatic carbocycles. The van der Waals surface area contributed by atoms with Crippen LogP contribution >= 0.6 is 0 Å². The minimum absolute atomic E-state index is 0.0890. The van der Waals surface area contributed by atoms with Gasteiger partial charge in [0.05, 0.1) is 12.6 Å². The second-order valence-corrected chi connectivity index (χ2v) is 5.59. The van der Waals surface area contributed by atoms with E-state index in [1.807, 2.05) is 13.8 Å². The number of hydrogen-bond acceptors (Lipinski definition) is 4. The molecule has 2 amide bonds. The van der Waals surface area contributed by atoms with E-state index in [2.05, 4.69) is 16.0 Å². The van der Waals surface area contributed by atoms with Crippen molar-refractivity contribution in [3.63, 3.8) is 0 Å². The quantitative estimate of drug-likeness (QED) is 0.601. The molecule has 0 fully saturated rings. The van der Waals surface area contributed by atoms with Crippen LogP contribution in [0.1, 0.15) is 26.3 Å². The SMILES string of the molecule is CNC(C(=O)N[C@@H](C)C(=O)Nc1cccc(CO)c1)C(C)C. The Hall–Kier alpha value is -1.92. The van der Waals surface area contributed by atoms with Crippen molar-refractivity contribution in [3.8, 4) is 0 Å². The zero-order valence-corrected chi connectivity index (χ0v) is 13.5. The largest absolute Gasteiger partial charge is 0.392 e. The minimum Gasteiger partial charge on any atom is -0.392 e. The average Bonchev–Trinajstić information content (AvgIpc) is 2.47. The molecule has 4 N–H and O–H groups in total. The van der Waals surface area contributed by atoms with Crippen LogP contribution in [0.4, 0.5) is 5.69 Å². The van der Waals surface area contributed by atoms with E-state index in [0.29, 0.717) is 11.3 Å². The van der Waals surface area contributed by atoms with Crippen LogP contribution in [0, 0.1) is 5.92 Å². The molecule has 1 aromatic rings. The van der Waals surface area contributed by atoms with Crippen LogP contribution in [-0.2, 0) is 16.2 Å². The number of aliphatic hydroxyl groups excluding tert-OH is 1. The Balaban J connectivity index is 2.63. The molecular weight excluding hydrogens is 282 g/mol. The predicted octanol–water partition coefficient (Wildman–Crippen LogP) is 0.866. The van der Waals surface area contributed by atoms with Gasteiger partial charge in [0.15, 0.2) is 0 Å². The normalized spacial score (nSPS) is 13.5. The zero-order chi connectivity index (χ0) is 16.7. The maximum absolute atomic E-state index is 12.1. The van der Waals surface area contributed by atoms with E-state index < -0.39 is 6.04 Å². The smallest absolute Gasteiger partial charge is 0.246 e. The Kier molecular flexibility index (Phi) is 7.01. The van der Waals surface area contributed by atoms with Crippen LogP contribution in [0.5, 0.6) is 0 Å². The summed E-state index contributed by atoms with van der Waals surface area (Å²) >= 11 is 0. The lowest BCUT2D eigenvalue weighted by Gasteiger charge is -2.22. The Bertz CT molecular complexity index is 517. The van der Waals surface area contributed by atoms with Gasteiger partial charge < -0.3 is 21.1 Å². The highest BCUT2D eigenvalue weighted by Crippen LogP contribution is 2.11. The first kappa shape index (κ1) is 18.1. The number of aliphatic hydroxyl groups is 1. The topological polar surface area (TPSA) is 90.5 Å². The molecule has 1 unspecified atom stereocenters. The Morgan fingerprint density at radius 3 is 2.41 bits per heavy atom. The summed E-state index contributed by atoms with van der Waals surface area (Å²) in [6, 6.07) is 5.95. The van der Waals surface area contributed by atoms with E-state index in [9.17, 15) is 9.59 Å². The number of nitrogens with one attached hydrogen (secondary N) is 3. The Morgan fingerprint density at radius 2 is 1.86 bits per heavy atom. The molecule has 6 heteroatoms. The van der Waals surface area contributed by atoms with Crippen molar-refractivity contribution in [2.24, 2.45) is 5.92 Å². The second-order valence-electron chi connectivity index (χ2n) is 5.59. The van der Waals surface area contributed by atoms with Crippen LogP contribution in [0.25, 0.3) is 0 Å². The number of rotatable bonds is 7. The molecule has 0 bridgehead atoms. The van der Waals surface area contributed by atoms with E-state index in [4.69, 9.17) is 5.11 Å². The standard InChI is InChI=1S/C16H25N3O3/c1-10(2)14(17-4)16(22)18-11(3)15(21)19-13-7-5-6-12(8-13)9-20/h5-8,10-11,14,17,20H,9H2,1-4H3,(H,18,22)(H,19,21)/t11-,14?/m0/s1. The molecule has 0 aliphatic heterocycles. The van der Waals surface area contributed by atoms with Crippen LogP contribution < -0.4 is 16.0 Å². The van der Waals surface area contributed by atoms with E-state index >= 15 is 0 Å². The molecule has 0 spiro atoms. The molecule has 0 saturated heterocycles. The van der Waals surface area contributed by atoms with E-state index in [1.54, 1.807) is 38.2 Å². The third-order valence-corrected chi connectivity index (χ3v) is 3.39. The summed E-state index contributed by atoms with van der Waals surface area (Å²) in [4.78, 5) is 24.2. The number of carbonyl (C=O) groups excluding carboxylic acids is 2. The van der Waals surface area contributed by atoms with Gasteiger partial charge in [-0.25, -0.2) is 0 Å².